The van der Waals surface area contributed by atoms with Gasteiger partial charge < -0.3 is 20.8 Å². The van der Waals surface area contributed by atoms with Gasteiger partial charge in [-0.05, 0) is 24.3 Å². The molecule has 0 radical (unpaired) electrons. The predicted octanol–water partition coefficient (Wildman–Crippen LogP) is 0.405. The minimum atomic E-state index is -1.22. The second kappa shape index (κ2) is 7.30. The Balaban J connectivity index is 2.72. The highest BCUT2D eigenvalue weighted by Crippen LogP contribution is 2.10. The van der Waals surface area contributed by atoms with Crippen LogP contribution in [-0.4, -0.2) is 34.6 Å². The molecule has 0 atom stereocenters. The van der Waals surface area contributed by atoms with Crippen LogP contribution < -0.4 is 10.6 Å². The maximum absolute atomic E-state index is 11.5. The van der Waals surface area contributed by atoms with Crippen LogP contribution in [0.3, 0.4) is 0 Å². The van der Waals surface area contributed by atoms with Crippen LogP contribution in [0, 0.1) is 11.3 Å². The van der Waals surface area contributed by atoms with Crippen LogP contribution in [0.2, 0.25) is 0 Å². The highest BCUT2D eigenvalue weighted by molar-refractivity contribution is 5.98. The van der Waals surface area contributed by atoms with Crippen molar-refractivity contribution in [3.63, 3.8) is 0 Å². The molecule has 0 fully saturated rings. The summed E-state index contributed by atoms with van der Waals surface area (Å²) in [5.41, 5.74) is 0.265. The van der Waals surface area contributed by atoms with Gasteiger partial charge in [-0.1, -0.05) is 0 Å². The lowest BCUT2D eigenvalue weighted by molar-refractivity contribution is -0.137. The maximum atomic E-state index is 11.5. The maximum Gasteiger partial charge on any atom is 0.335 e. The molecule has 1 aromatic carbocycles. The number of amides is 1. The van der Waals surface area contributed by atoms with Crippen LogP contribution in [0.5, 0.6) is 0 Å². The van der Waals surface area contributed by atoms with Gasteiger partial charge in [-0.2, -0.15) is 5.26 Å². The Morgan fingerprint density at radius 2 is 1.81 bits per heavy atom. The second-order valence-electron chi connectivity index (χ2n) is 3.77. The average Bonchev–Trinajstić information content (AvgIpc) is 2.46. The fraction of sp³-hybridized carbons (Fsp3) is 0.0769. The van der Waals surface area contributed by atoms with Crippen molar-refractivity contribution >= 4 is 23.5 Å². The lowest BCUT2D eigenvalue weighted by Crippen LogP contribution is -2.30. The Bertz CT molecular complexity index is 628. The van der Waals surface area contributed by atoms with Crippen molar-refractivity contribution in [3.05, 3.63) is 41.6 Å². The number of carboxylic acids is 2. The van der Waals surface area contributed by atoms with Gasteiger partial charge in [0.1, 0.15) is 18.2 Å². The molecule has 1 amide bonds. The summed E-state index contributed by atoms with van der Waals surface area (Å²) < 4.78 is 0. The quantitative estimate of drug-likeness (QED) is 0.439. The molecule has 0 heterocycles. The molecule has 8 nitrogen and oxygen atoms in total. The number of benzene rings is 1. The number of carbonyl (C=O) groups excluding carboxylic acids is 1. The van der Waals surface area contributed by atoms with E-state index < -0.39 is 24.4 Å². The van der Waals surface area contributed by atoms with Gasteiger partial charge in [0.2, 0.25) is 0 Å². The van der Waals surface area contributed by atoms with Crippen molar-refractivity contribution < 1.29 is 24.6 Å². The standard InChI is InChI=1S/C13H11N3O5/c14-5-9(12(19)16-7-11(17)18)6-15-10-3-1-8(2-4-10)13(20)21/h1-4,6,15H,7H2,(H,16,19)(H,17,18)(H,20,21)/b9-6-. The van der Waals surface area contributed by atoms with Crippen LogP contribution in [0.4, 0.5) is 5.69 Å². The van der Waals surface area contributed by atoms with Gasteiger partial charge in [0, 0.05) is 11.9 Å². The Labute approximate surface area is 119 Å². The van der Waals surface area contributed by atoms with E-state index in [1.54, 1.807) is 6.07 Å². The number of carboxylic acid groups (broad SMARTS) is 2. The molecule has 0 aliphatic rings. The highest BCUT2D eigenvalue weighted by Gasteiger charge is 2.09. The molecule has 1 aromatic rings. The minimum Gasteiger partial charge on any atom is -0.480 e. The number of anilines is 1. The van der Waals surface area contributed by atoms with Crippen molar-refractivity contribution in [2.24, 2.45) is 0 Å². The summed E-state index contributed by atoms with van der Waals surface area (Å²) in [6.07, 6.45) is 1.10. The second-order valence-corrected chi connectivity index (χ2v) is 3.77. The monoisotopic (exact) mass is 289 g/mol. The topological polar surface area (TPSA) is 140 Å². The lowest BCUT2D eigenvalue weighted by Gasteiger charge is -2.03. The van der Waals surface area contributed by atoms with Crippen LogP contribution in [0.1, 0.15) is 10.4 Å². The molecule has 0 bridgehead atoms. The van der Waals surface area contributed by atoms with E-state index in [1.807, 2.05) is 5.32 Å². The molecule has 1 rings (SSSR count). The zero-order valence-electron chi connectivity index (χ0n) is 10.7. The number of rotatable bonds is 6. The molecule has 21 heavy (non-hydrogen) atoms. The first-order chi connectivity index (χ1) is 9.93. The molecule has 0 aliphatic heterocycles. The normalized spacial score (nSPS) is 10.3. The first kappa shape index (κ1) is 15.7. The van der Waals surface area contributed by atoms with E-state index in [9.17, 15) is 14.4 Å². The number of hydrogen-bond acceptors (Lipinski definition) is 5. The van der Waals surface area contributed by atoms with Crippen LogP contribution in [0.25, 0.3) is 0 Å². The van der Waals surface area contributed by atoms with Crippen molar-refractivity contribution in [2.45, 2.75) is 0 Å². The first-order valence-corrected chi connectivity index (χ1v) is 5.64. The third-order valence-corrected chi connectivity index (χ3v) is 2.28. The highest BCUT2D eigenvalue weighted by atomic mass is 16.4. The van der Waals surface area contributed by atoms with Crippen molar-refractivity contribution in [1.29, 1.82) is 5.26 Å². The number of nitrogens with zero attached hydrogens (tertiary/aromatic N) is 1. The summed E-state index contributed by atoms with van der Waals surface area (Å²) in [6, 6.07) is 7.26. The van der Waals surface area contributed by atoms with E-state index in [1.165, 1.54) is 24.3 Å². The molecule has 0 saturated carbocycles. The Kier molecular flexibility index (Phi) is 5.46. The molecule has 0 aliphatic carbocycles. The van der Waals surface area contributed by atoms with Gasteiger partial charge in [-0.3, -0.25) is 9.59 Å². The third kappa shape index (κ3) is 5.04. The van der Waals surface area contributed by atoms with Gasteiger partial charge in [-0.15, -0.1) is 0 Å². The fourth-order valence-electron chi connectivity index (χ4n) is 1.26. The fourth-order valence-corrected chi connectivity index (χ4v) is 1.26. The summed E-state index contributed by atoms with van der Waals surface area (Å²) >= 11 is 0. The number of hydrogen-bond donors (Lipinski definition) is 4. The zero-order valence-corrected chi connectivity index (χ0v) is 10.7. The molecule has 0 unspecified atom stereocenters. The van der Waals surface area contributed by atoms with E-state index in [2.05, 4.69) is 5.32 Å². The number of aromatic carboxylic acids is 1. The molecule has 4 N–H and O–H groups in total. The Morgan fingerprint density at radius 3 is 2.29 bits per heavy atom. The summed E-state index contributed by atoms with van der Waals surface area (Å²) in [5, 5.41) is 30.7. The molecule has 0 saturated heterocycles. The number of aliphatic carboxylic acids is 1. The smallest absolute Gasteiger partial charge is 0.335 e. The first-order valence-electron chi connectivity index (χ1n) is 5.64. The van der Waals surface area contributed by atoms with E-state index in [0.717, 1.165) is 6.20 Å². The van der Waals surface area contributed by atoms with E-state index in [-0.39, 0.29) is 11.1 Å². The molecule has 8 heteroatoms. The van der Waals surface area contributed by atoms with Crippen molar-refractivity contribution in [1.82, 2.24) is 5.32 Å². The average molecular weight is 289 g/mol. The van der Waals surface area contributed by atoms with Crippen LogP contribution in [0.15, 0.2) is 36.0 Å². The minimum absolute atomic E-state index is 0.101. The van der Waals surface area contributed by atoms with Crippen molar-refractivity contribution in [2.75, 3.05) is 11.9 Å². The van der Waals surface area contributed by atoms with E-state index in [0.29, 0.717) is 5.69 Å². The summed E-state index contributed by atoms with van der Waals surface area (Å²) in [4.78, 5) is 32.4. The van der Waals surface area contributed by atoms with Gasteiger partial charge in [0.15, 0.2) is 0 Å². The van der Waals surface area contributed by atoms with Crippen molar-refractivity contribution in [3.8, 4) is 6.07 Å². The molecular formula is C13H11N3O5. The van der Waals surface area contributed by atoms with Gasteiger partial charge in [0.25, 0.3) is 5.91 Å². The SMILES string of the molecule is N#C/C(=C/Nc1ccc(C(=O)O)cc1)C(=O)NCC(=O)O. The predicted molar refractivity (Wildman–Crippen MR) is 71.4 cm³/mol. The summed E-state index contributed by atoms with van der Waals surface area (Å²) in [5.74, 6) is -3.12. The third-order valence-electron chi connectivity index (χ3n) is 2.28. The molecule has 0 spiro atoms. The number of carbonyl (C=O) groups is 3. The zero-order chi connectivity index (χ0) is 15.8. The van der Waals surface area contributed by atoms with Crippen LogP contribution >= 0.6 is 0 Å². The van der Waals surface area contributed by atoms with Gasteiger partial charge >= 0.3 is 11.9 Å². The summed E-state index contributed by atoms with van der Waals surface area (Å²) in [7, 11) is 0. The van der Waals surface area contributed by atoms with E-state index in [4.69, 9.17) is 15.5 Å². The van der Waals surface area contributed by atoms with Crippen LogP contribution in [-0.2, 0) is 9.59 Å². The molecular weight excluding hydrogens is 278 g/mol. The van der Waals surface area contributed by atoms with E-state index >= 15 is 0 Å². The number of nitriles is 1. The Hall–Kier alpha value is -3.34. The van der Waals surface area contributed by atoms with Gasteiger partial charge in [0.05, 0.1) is 5.56 Å². The number of nitrogens with one attached hydrogen (secondary N) is 2. The lowest BCUT2D eigenvalue weighted by atomic mass is 10.2. The van der Waals surface area contributed by atoms with Gasteiger partial charge in [-0.25, -0.2) is 4.79 Å². The largest absolute Gasteiger partial charge is 0.480 e. The summed E-state index contributed by atoms with van der Waals surface area (Å²) in [6.45, 7) is -0.592. The Morgan fingerprint density at radius 1 is 1.19 bits per heavy atom. The molecule has 0 aromatic heterocycles. The molecule has 108 valence electrons.